The molecule has 0 aliphatic rings. The molecule has 0 bridgehead atoms. The monoisotopic (exact) mass is 341 g/mol. The van der Waals surface area contributed by atoms with Gasteiger partial charge >= 0.3 is 0 Å². The lowest BCUT2D eigenvalue weighted by Crippen LogP contribution is -2.28. The minimum absolute atomic E-state index is 0.129. The zero-order valence-electron chi connectivity index (χ0n) is 10.9. The third kappa shape index (κ3) is 3.54. The van der Waals surface area contributed by atoms with Gasteiger partial charge in [-0.2, -0.15) is 0 Å². The van der Waals surface area contributed by atoms with Crippen molar-refractivity contribution in [2.24, 2.45) is 0 Å². The van der Waals surface area contributed by atoms with Gasteiger partial charge in [-0.1, -0.05) is 40.2 Å². The van der Waals surface area contributed by atoms with Crippen molar-refractivity contribution in [3.8, 4) is 0 Å². The maximum atomic E-state index is 11.5. The van der Waals surface area contributed by atoms with Crippen LogP contribution in [-0.4, -0.2) is 29.7 Å². The Morgan fingerprint density at radius 1 is 1.21 bits per heavy atom. The summed E-state index contributed by atoms with van der Waals surface area (Å²) in [6.45, 7) is 1.72. The standard InChI is InChI=1S/C14H16BrNO2S/c1-10(19(2,17)18)13(15)9-12-8-7-11-5-3-4-6-14(11)16-12/h3-8,10,13H,9H2,1-2H3. The summed E-state index contributed by atoms with van der Waals surface area (Å²) in [4.78, 5) is 4.43. The summed E-state index contributed by atoms with van der Waals surface area (Å²) in [5, 5.41) is 0.661. The van der Waals surface area contributed by atoms with Gasteiger partial charge in [-0.15, -0.1) is 0 Å². The number of sulfone groups is 1. The summed E-state index contributed by atoms with van der Waals surface area (Å²) in [6.07, 6.45) is 1.86. The topological polar surface area (TPSA) is 47.0 Å². The average molecular weight is 342 g/mol. The van der Waals surface area contributed by atoms with E-state index in [0.29, 0.717) is 6.42 Å². The van der Waals surface area contributed by atoms with Crippen LogP contribution in [0.15, 0.2) is 36.4 Å². The number of para-hydroxylation sites is 1. The Morgan fingerprint density at radius 2 is 1.89 bits per heavy atom. The van der Waals surface area contributed by atoms with Gasteiger partial charge in [0.1, 0.15) is 0 Å². The zero-order valence-corrected chi connectivity index (χ0v) is 13.3. The maximum Gasteiger partial charge on any atom is 0.151 e. The van der Waals surface area contributed by atoms with Crippen LogP contribution in [0.25, 0.3) is 10.9 Å². The van der Waals surface area contributed by atoms with Gasteiger partial charge in [0.15, 0.2) is 9.84 Å². The van der Waals surface area contributed by atoms with Gasteiger partial charge in [-0.25, -0.2) is 8.42 Å². The predicted molar refractivity (Wildman–Crippen MR) is 82.5 cm³/mol. The molecular weight excluding hydrogens is 326 g/mol. The lowest BCUT2D eigenvalue weighted by atomic mass is 10.1. The molecule has 0 aliphatic carbocycles. The summed E-state index contributed by atoms with van der Waals surface area (Å²) >= 11 is 3.46. The van der Waals surface area contributed by atoms with E-state index in [1.54, 1.807) is 6.92 Å². The van der Waals surface area contributed by atoms with Crippen molar-refractivity contribution in [1.29, 1.82) is 0 Å². The van der Waals surface area contributed by atoms with Crippen molar-refractivity contribution < 1.29 is 8.42 Å². The molecule has 2 aromatic rings. The third-order valence-electron chi connectivity index (χ3n) is 3.24. The Kier molecular flexibility index (Phi) is 4.26. The Hall–Kier alpha value is -0.940. The molecule has 0 amide bonds. The maximum absolute atomic E-state index is 11.5. The van der Waals surface area contributed by atoms with E-state index in [9.17, 15) is 8.42 Å². The fourth-order valence-corrected chi connectivity index (χ4v) is 4.00. The largest absolute Gasteiger partial charge is 0.253 e. The zero-order chi connectivity index (χ0) is 14.0. The Morgan fingerprint density at radius 3 is 2.58 bits per heavy atom. The Balaban J connectivity index is 2.22. The number of halogens is 1. The van der Waals surface area contributed by atoms with Crippen LogP contribution in [0.5, 0.6) is 0 Å². The van der Waals surface area contributed by atoms with Crippen LogP contribution in [-0.2, 0) is 16.3 Å². The highest BCUT2D eigenvalue weighted by Gasteiger charge is 2.24. The second-order valence-corrected chi connectivity index (χ2v) is 8.33. The van der Waals surface area contributed by atoms with Crippen LogP contribution in [0.3, 0.4) is 0 Å². The number of hydrogen-bond acceptors (Lipinski definition) is 3. The molecule has 0 aliphatic heterocycles. The van der Waals surface area contributed by atoms with Crippen LogP contribution >= 0.6 is 15.9 Å². The molecule has 2 atom stereocenters. The summed E-state index contributed by atoms with van der Waals surface area (Å²) in [7, 11) is -3.04. The van der Waals surface area contributed by atoms with E-state index in [2.05, 4.69) is 20.9 Å². The molecule has 1 aromatic heterocycles. The van der Waals surface area contributed by atoms with E-state index >= 15 is 0 Å². The normalized spacial score (nSPS) is 15.3. The molecule has 102 valence electrons. The highest BCUT2D eigenvalue weighted by Crippen LogP contribution is 2.19. The third-order valence-corrected chi connectivity index (χ3v) is 6.39. The minimum Gasteiger partial charge on any atom is -0.253 e. The van der Waals surface area contributed by atoms with Crippen molar-refractivity contribution in [2.45, 2.75) is 23.4 Å². The molecule has 0 N–H and O–H groups in total. The number of nitrogens with zero attached hydrogens (tertiary/aromatic N) is 1. The van der Waals surface area contributed by atoms with Gasteiger partial charge in [-0.3, -0.25) is 4.98 Å². The molecule has 1 heterocycles. The quantitative estimate of drug-likeness (QED) is 0.803. The molecular formula is C14H16BrNO2S. The summed E-state index contributed by atoms with van der Waals surface area (Å²) < 4.78 is 23.0. The molecule has 0 spiro atoms. The average Bonchev–Trinajstić information content (AvgIpc) is 2.36. The lowest BCUT2D eigenvalue weighted by molar-refractivity contribution is 0.586. The van der Waals surface area contributed by atoms with Gasteiger partial charge < -0.3 is 0 Å². The molecule has 2 unspecified atom stereocenters. The number of pyridine rings is 1. The fraction of sp³-hybridized carbons (Fsp3) is 0.357. The first kappa shape index (κ1) is 14.5. The molecule has 19 heavy (non-hydrogen) atoms. The van der Waals surface area contributed by atoms with E-state index in [1.165, 1.54) is 6.26 Å². The van der Waals surface area contributed by atoms with Crippen LogP contribution in [0.4, 0.5) is 0 Å². The van der Waals surface area contributed by atoms with E-state index in [1.807, 2.05) is 36.4 Å². The van der Waals surface area contributed by atoms with Gasteiger partial charge in [0.2, 0.25) is 0 Å². The van der Waals surface area contributed by atoms with Crippen LogP contribution in [0.1, 0.15) is 12.6 Å². The van der Waals surface area contributed by atoms with Gasteiger partial charge in [-0.05, 0) is 19.1 Å². The smallest absolute Gasteiger partial charge is 0.151 e. The van der Waals surface area contributed by atoms with Crippen molar-refractivity contribution in [3.05, 3.63) is 42.1 Å². The van der Waals surface area contributed by atoms with Crippen molar-refractivity contribution in [1.82, 2.24) is 4.98 Å². The fourth-order valence-electron chi connectivity index (χ4n) is 1.86. The highest BCUT2D eigenvalue weighted by molar-refractivity contribution is 9.09. The second kappa shape index (κ2) is 5.59. The van der Waals surface area contributed by atoms with E-state index in [4.69, 9.17) is 0 Å². The molecule has 0 saturated carbocycles. The van der Waals surface area contributed by atoms with E-state index in [-0.39, 0.29) is 4.83 Å². The second-order valence-electron chi connectivity index (χ2n) is 4.75. The SMILES string of the molecule is CC(C(Br)Cc1ccc2ccccc2n1)S(C)(=O)=O. The van der Waals surface area contributed by atoms with Crippen molar-refractivity contribution in [2.75, 3.05) is 6.26 Å². The van der Waals surface area contributed by atoms with Crippen LogP contribution in [0.2, 0.25) is 0 Å². The van der Waals surface area contributed by atoms with Gasteiger partial charge in [0.25, 0.3) is 0 Å². The number of rotatable bonds is 4. The molecule has 5 heteroatoms. The molecule has 0 radical (unpaired) electrons. The Labute approximate surface area is 122 Å². The van der Waals surface area contributed by atoms with E-state index in [0.717, 1.165) is 16.6 Å². The first-order valence-electron chi connectivity index (χ1n) is 6.05. The van der Waals surface area contributed by atoms with Crippen molar-refractivity contribution >= 4 is 36.7 Å². The summed E-state index contributed by atoms with van der Waals surface area (Å²) in [6, 6.07) is 11.9. The van der Waals surface area contributed by atoms with Gasteiger partial charge in [0, 0.05) is 28.6 Å². The first-order chi connectivity index (χ1) is 8.88. The number of benzene rings is 1. The summed E-state index contributed by atoms with van der Waals surface area (Å²) in [5.74, 6) is 0. The number of alkyl halides is 1. The van der Waals surface area contributed by atoms with Crippen LogP contribution < -0.4 is 0 Å². The predicted octanol–water partition coefficient (Wildman–Crippen LogP) is 2.97. The Bertz CT molecular complexity index is 685. The minimum atomic E-state index is -3.04. The summed E-state index contributed by atoms with van der Waals surface area (Å²) in [5.41, 5.74) is 1.84. The van der Waals surface area contributed by atoms with Crippen molar-refractivity contribution in [3.63, 3.8) is 0 Å². The first-order valence-corrected chi connectivity index (χ1v) is 8.92. The number of fused-ring (bicyclic) bond motifs is 1. The molecule has 0 fully saturated rings. The molecule has 0 saturated heterocycles. The van der Waals surface area contributed by atoms with Gasteiger partial charge in [0.05, 0.1) is 10.8 Å². The lowest BCUT2D eigenvalue weighted by Gasteiger charge is -2.16. The number of aromatic nitrogens is 1. The van der Waals surface area contributed by atoms with Crippen LogP contribution in [0, 0.1) is 0 Å². The number of hydrogen-bond donors (Lipinski definition) is 0. The molecule has 2 rings (SSSR count). The highest BCUT2D eigenvalue weighted by atomic mass is 79.9. The molecule has 3 nitrogen and oxygen atoms in total. The van der Waals surface area contributed by atoms with E-state index < -0.39 is 15.1 Å². The molecule has 1 aromatic carbocycles.